The molecule has 2 aliphatic rings. The number of para-hydroxylation sites is 1. The number of amides is 3. The Kier molecular flexibility index (Phi) is 6.03. The van der Waals surface area contributed by atoms with Gasteiger partial charge in [0, 0.05) is 56.8 Å². The van der Waals surface area contributed by atoms with Crippen LogP contribution < -0.4 is 10.2 Å². The first kappa shape index (κ1) is 20.4. The van der Waals surface area contributed by atoms with Gasteiger partial charge in [-0.1, -0.05) is 24.3 Å². The van der Waals surface area contributed by atoms with Crippen LogP contribution in [0.1, 0.15) is 23.4 Å². The van der Waals surface area contributed by atoms with E-state index in [4.69, 9.17) is 0 Å². The standard InChI is InChI=1S/C22H26N4O3S/c1-16(27)24-10-12-25(13-11-24)22(29)21(28)23-15-19(20-7-4-14-30-20)26-9-8-17-5-2-3-6-18(17)26/h2-7,14,19H,8-13,15H2,1H3,(H,23,28)/t19-/m1/s1. The Morgan fingerprint density at radius 1 is 1.00 bits per heavy atom. The average molecular weight is 427 g/mol. The number of piperazine rings is 1. The molecule has 30 heavy (non-hydrogen) atoms. The smallest absolute Gasteiger partial charge is 0.312 e. The fourth-order valence-electron chi connectivity index (χ4n) is 4.17. The van der Waals surface area contributed by atoms with Crippen molar-refractivity contribution in [2.24, 2.45) is 0 Å². The van der Waals surface area contributed by atoms with Crippen LogP contribution in [0.25, 0.3) is 0 Å². The molecule has 7 nitrogen and oxygen atoms in total. The van der Waals surface area contributed by atoms with Crippen molar-refractivity contribution < 1.29 is 14.4 Å². The third-order valence-corrected chi connectivity index (χ3v) is 6.81. The Hall–Kier alpha value is -2.87. The van der Waals surface area contributed by atoms with Gasteiger partial charge in [0.25, 0.3) is 0 Å². The molecule has 0 unspecified atom stereocenters. The van der Waals surface area contributed by atoms with Crippen LogP contribution in [0.3, 0.4) is 0 Å². The topological polar surface area (TPSA) is 73.0 Å². The number of hydrogen-bond acceptors (Lipinski definition) is 5. The molecule has 1 atom stereocenters. The summed E-state index contributed by atoms with van der Waals surface area (Å²) in [5, 5.41) is 4.90. The molecule has 0 saturated carbocycles. The summed E-state index contributed by atoms with van der Waals surface area (Å²) >= 11 is 1.66. The predicted molar refractivity (Wildman–Crippen MR) is 116 cm³/mol. The maximum absolute atomic E-state index is 12.6. The van der Waals surface area contributed by atoms with E-state index < -0.39 is 11.8 Å². The first-order valence-electron chi connectivity index (χ1n) is 10.2. The molecule has 4 rings (SSSR count). The Labute approximate surface area is 180 Å². The predicted octanol–water partition coefficient (Wildman–Crippen LogP) is 1.66. The van der Waals surface area contributed by atoms with Crippen LogP contribution in [0.2, 0.25) is 0 Å². The number of fused-ring (bicyclic) bond motifs is 1. The highest BCUT2D eigenvalue weighted by molar-refractivity contribution is 7.10. The van der Waals surface area contributed by atoms with Crippen molar-refractivity contribution in [3.63, 3.8) is 0 Å². The molecule has 2 aliphatic heterocycles. The van der Waals surface area contributed by atoms with Crippen LogP contribution in [0.4, 0.5) is 5.69 Å². The SMILES string of the molecule is CC(=O)N1CCN(C(=O)C(=O)NC[C@H](c2cccs2)N2CCc3ccccc32)CC1. The van der Waals surface area contributed by atoms with Gasteiger partial charge in [-0.3, -0.25) is 14.4 Å². The van der Waals surface area contributed by atoms with E-state index >= 15 is 0 Å². The van der Waals surface area contributed by atoms with Gasteiger partial charge in [0.2, 0.25) is 5.91 Å². The molecule has 1 N–H and O–H groups in total. The van der Waals surface area contributed by atoms with E-state index in [1.165, 1.54) is 23.1 Å². The highest BCUT2D eigenvalue weighted by atomic mass is 32.1. The fourth-order valence-corrected chi connectivity index (χ4v) is 5.00. The molecule has 8 heteroatoms. The number of carbonyl (C=O) groups is 3. The summed E-state index contributed by atoms with van der Waals surface area (Å²) in [5.41, 5.74) is 2.50. The average Bonchev–Trinajstić information content (AvgIpc) is 3.44. The van der Waals surface area contributed by atoms with Crippen molar-refractivity contribution >= 4 is 34.7 Å². The number of hydrogen-bond donors (Lipinski definition) is 1. The van der Waals surface area contributed by atoms with Gasteiger partial charge in [0.15, 0.2) is 0 Å². The molecule has 0 aliphatic carbocycles. The van der Waals surface area contributed by atoms with Crippen LogP contribution in [0.5, 0.6) is 0 Å². The van der Waals surface area contributed by atoms with Gasteiger partial charge in [0.05, 0.1) is 6.04 Å². The molecule has 0 radical (unpaired) electrons. The zero-order chi connectivity index (χ0) is 21.1. The maximum Gasteiger partial charge on any atom is 0.312 e. The molecule has 3 amide bonds. The van der Waals surface area contributed by atoms with Crippen LogP contribution in [-0.4, -0.2) is 66.8 Å². The van der Waals surface area contributed by atoms with E-state index in [0.29, 0.717) is 32.7 Å². The second kappa shape index (κ2) is 8.87. The summed E-state index contributed by atoms with van der Waals surface area (Å²) in [6.45, 7) is 4.49. The number of thiophene rings is 1. The van der Waals surface area contributed by atoms with Crippen molar-refractivity contribution in [1.82, 2.24) is 15.1 Å². The molecule has 158 valence electrons. The molecule has 3 heterocycles. The highest BCUT2D eigenvalue weighted by Crippen LogP contribution is 2.36. The third kappa shape index (κ3) is 4.18. The van der Waals surface area contributed by atoms with Gasteiger partial charge in [-0.15, -0.1) is 11.3 Å². The lowest BCUT2D eigenvalue weighted by molar-refractivity contribution is -0.148. The van der Waals surface area contributed by atoms with Crippen molar-refractivity contribution in [3.05, 3.63) is 52.2 Å². The van der Waals surface area contributed by atoms with Crippen LogP contribution in [0, 0.1) is 0 Å². The lowest BCUT2D eigenvalue weighted by Crippen LogP contribution is -2.54. The number of nitrogens with zero attached hydrogens (tertiary/aromatic N) is 3. The van der Waals surface area contributed by atoms with Crippen LogP contribution in [0.15, 0.2) is 41.8 Å². The quantitative estimate of drug-likeness (QED) is 0.755. The van der Waals surface area contributed by atoms with Gasteiger partial charge in [0.1, 0.15) is 0 Å². The second-order valence-corrected chi connectivity index (χ2v) is 8.59. The molecule has 1 aromatic heterocycles. The summed E-state index contributed by atoms with van der Waals surface area (Å²) in [5.74, 6) is -1.11. The first-order chi connectivity index (χ1) is 14.5. The minimum Gasteiger partial charge on any atom is -0.361 e. The van der Waals surface area contributed by atoms with E-state index in [9.17, 15) is 14.4 Å². The summed E-state index contributed by atoms with van der Waals surface area (Å²) in [6.07, 6.45) is 0.978. The zero-order valence-corrected chi connectivity index (χ0v) is 17.9. The monoisotopic (exact) mass is 426 g/mol. The van der Waals surface area contributed by atoms with Gasteiger partial charge in [-0.05, 0) is 29.5 Å². The lowest BCUT2D eigenvalue weighted by atomic mass is 10.1. The number of nitrogens with one attached hydrogen (secondary N) is 1. The molecule has 1 aromatic carbocycles. The van der Waals surface area contributed by atoms with Crippen LogP contribution >= 0.6 is 11.3 Å². The van der Waals surface area contributed by atoms with E-state index in [1.807, 2.05) is 17.5 Å². The summed E-state index contributed by atoms with van der Waals surface area (Å²) < 4.78 is 0. The summed E-state index contributed by atoms with van der Waals surface area (Å²) in [4.78, 5) is 43.3. The molecular weight excluding hydrogens is 400 g/mol. The highest BCUT2D eigenvalue weighted by Gasteiger charge is 2.30. The normalized spacial score (nSPS) is 16.9. The Balaban J connectivity index is 1.40. The molecule has 0 bridgehead atoms. The van der Waals surface area contributed by atoms with Gasteiger partial charge < -0.3 is 20.0 Å². The largest absolute Gasteiger partial charge is 0.361 e. The minimum absolute atomic E-state index is 0.00349. The Bertz CT molecular complexity index is 922. The second-order valence-electron chi connectivity index (χ2n) is 7.61. The van der Waals surface area contributed by atoms with E-state index in [1.54, 1.807) is 16.2 Å². The molecule has 1 saturated heterocycles. The number of rotatable bonds is 4. The zero-order valence-electron chi connectivity index (χ0n) is 17.0. The van der Waals surface area contributed by atoms with E-state index in [2.05, 4.69) is 34.5 Å². The van der Waals surface area contributed by atoms with Crippen molar-refractivity contribution in [2.45, 2.75) is 19.4 Å². The van der Waals surface area contributed by atoms with Crippen LogP contribution in [-0.2, 0) is 20.8 Å². The van der Waals surface area contributed by atoms with Crippen molar-refractivity contribution in [3.8, 4) is 0 Å². The van der Waals surface area contributed by atoms with E-state index in [0.717, 1.165) is 17.8 Å². The van der Waals surface area contributed by atoms with E-state index in [-0.39, 0.29) is 11.9 Å². The van der Waals surface area contributed by atoms with Crippen molar-refractivity contribution in [1.29, 1.82) is 0 Å². The Morgan fingerprint density at radius 2 is 1.73 bits per heavy atom. The molecule has 0 spiro atoms. The molecule has 2 aromatic rings. The molecule has 1 fully saturated rings. The summed E-state index contributed by atoms with van der Waals surface area (Å²) in [6, 6.07) is 12.4. The third-order valence-electron chi connectivity index (χ3n) is 5.83. The minimum atomic E-state index is -0.583. The Morgan fingerprint density at radius 3 is 2.43 bits per heavy atom. The van der Waals surface area contributed by atoms with Crippen molar-refractivity contribution in [2.75, 3.05) is 44.2 Å². The van der Waals surface area contributed by atoms with Gasteiger partial charge in [-0.25, -0.2) is 0 Å². The number of anilines is 1. The number of benzene rings is 1. The van der Waals surface area contributed by atoms with Gasteiger partial charge >= 0.3 is 11.8 Å². The maximum atomic E-state index is 12.6. The fraction of sp³-hybridized carbons (Fsp3) is 0.409. The lowest BCUT2D eigenvalue weighted by Gasteiger charge is -2.34. The van der Waals surface area contributed by atoms with Gasteiger partial charge in [-0.2, -0.15) is 0 Å². The first-order valence-corrected chi connectivity index (χ1v) is 11.1. The number of carbonyl (C=O) groups excluding carboxylic acids is 3. The molecular formula is C22H26N4O3S. The summed E-state index contributed by atoms with van der Waals surface area (Å²) in [7, 11) is 0.